The van der Waals surface area contributed by atoms with Gasteiger partial charge in [0.2, 0.25) is 0 Å². The summed E-state index contributed by atoms with van der Waals surface area (Å²) < 4.78 is 41.3. The number of thiophene rings is 1. The lowest BCUT2D eigenvalue weighted by Gasteiger charge is -2.08. The standard InChI is InChI=1S/C18H13FO5S2/c1-26(22,23)14-8-4-11(5-9-14)15-10-25-17(24-18(20)21)16(15)12-2-6-13(19)7-3-12/h2-10H,1H3,(H,20,21). The van der Waals surface area contributed by atoms with Crippen LogP contribution in [-0.4, -0.2) is 25.9 Å². The zero-order chi connectivity index (χ0) is 18.9. The highest BCUT2D eigenvalue weighted by Gasteiger charge is 2.19. The molecule has 1 N–H and O–H groups in total. The lowest BCUT2D eigenvalue weighted by molar-refractivity contribution is 0.146. The van der Waals surface area contributed by atoms with Crippen molar-refractivity contribution in [1.82, 2.24) is 0 Å². The fourth-order valence-corrected chi connectivity index (χ4v) is 4.05. The third-order valence-electron chi connectivity index (χ3n) is 3.66. The van der Waals surface area contributed by atoms with E-state index in [4.69, 9.17) is 9.84 Å². The van der Waals surface area contributed by atoms with Gasteiger partial charge in [0, 0.05) is 22.8 Å². The summed E-state index contributed by atoms with van der Waals surface area (Å²) in [4.78, 5) is 11.1. The van der Waals surface area contributed by atoms with E-state index >= 15 is 0 Å². The van der Waals surface area contributed by atoms with E-state index in [1.807, 2.05) is 0 Å². The van der Waals surface area contributed by atoms with E-state index in [0.717, 1.165) is 17.6 Å². The number of rotatable bonds is 4. The summed E-state index contributed by atoms with van der Waals surface area (Å²) in [5.41, 5.74) is 2.45. The zero-order valence-corrected chi connectivity index (χ0v) is 15.1. The van der Waals surface area contributed by atoms with Crippen molar-refractivity contribution in [2.24, 2.45) is 0 Å². The molecule has 26 heavy (non-hydrogen) atoms. The van der Waals surface area contributed by atoms with E-state index in [2.05, 4.69) is 0 Å². The highest BCUT2D eigenvalue weighted by atomic mass is 32.2. The van der Waals surface area contributed by atoms with Crippen LogP contribution in [-0.2, 0) is 9.84 Å². The second-order valence-electron chi connectivity index (χ2n) is 5.48. The number of halogens is 1. The Bertz CT molecular complexity index is 1050. The molecular weight excluding hydrogens is 379 g/mol. The van der Waals surface area contributed by atoms with Crippen molar-refractivity contribution >= 4 is 27.3 Å². The van der Waals surface area contributed by atoms with Gasteiger partial charge in [0.05, 0.1) is 4.90 Å². The van der Waals surface area contributed by atoms with Gasteiger partial charge >= 0.3 is 6.16 Å². The van der Waals surface area contributed by atoms with Gasteiger partial charge < -0.3 is 9.84 Å². The Balaban J connectivity index is 2.14. The van der Waals surface area contributed by atoms with Crippen molar-refractivity contribution < 1.29 is 27.4 Å². The molecule has 0 amide bonds. The van der Waals surface area contributed by atoms with Gasteiger partial charge in [-0.1, -0.05) is 24.3 Å². The predicted molar refractivity (Wildman–Crippen MR) is 96.9 cm³/mol. The van der Waals surface area contributed by atoms with Gasteiger partial charge in [-0.05, 0) is 35.4 Å². The molecule has 1 heterocycles. The van der Waals surface area contributed by atoms with E-state index in [1.165, 1.54) is 36.4 Å². The van der Waals surface area contributed by atoms with Crippen LogP contribution in [0.2, 0.25) is 0 Å². The molecule has 1 aromatic heterocycles. The number of hydrogen-bond donors (Lipinski definition) is 1. The molecule has 0 atom stereocenters. The molecule has 0 aliphatic heterocycles. The molecule has 134 valence electrons. The fourth-order valence-electron chi connectivity index (χ4n) is 2.48. The molecular formula is C18H13FO5S2. The van der Waals surface area contributed by atoms with E-state index in [-0.39, 0.29) is 9.96 Å². The molecule has 0 bridgehead atoms. The molecule has 0 spiro atoms. The fraction of sp³-hybridized carbons (Fsp3) is 0.0556. The summed E-state index contributed by atoms with van der Waals surface area (Å²) in [6, 6.07) is 11.8. The second kappa shape index (κ2) is 6.89. The van der Waals surface area contributed by atoms with Gasteiger partial charge in [0.1, 0.15) is 5.82 Å². The molecule has 5 nitrogen and oxygen atoms in total. The highest BCUT2D eigenvalue weighted by Crippen LogP contribution is 2.44. The first-order valence-corrected chi connectivity index (χ1v) is 10.1. The summed E-state index contributed by atoms with van der Waals surface area (Å²) in [7, 11) is -3.32. The van der Waals surface area contributed by atoms with Gasteiger partial charge in [-0.3, -0.25) is 0 Å². The Kier molecular flexibility index (Phi) is 4.80. The van der Waals surface area contributed by atoms with E-state index in [9.17, 15) is 17.6 Å². The minimum Gasteiger partial charge on any atom is -0.449 e. The Hall–Kier alpha value is -2.71. The van der Waals surface area contributed by atoms with Crippen LogP contribution < -0.4 is 4.74 Å². The molecule has 0 radical (unpaired) electrons. The predicted octanol–water partition coefficient (Wildman–Crippen LogP) is 4.68. The van der Waals surface area contributed by atoms with Gasteiger partial charge in [-0.15, -0.1) is 11.3 Å². The lowest BCUT2D eigenvalue weighted by Crippen LogP contribution is -2.02. The first-order chi connectivity index (χ1) is 12.3. The highest BCUT2D eigenvalue weighted by molar-refractivity contribution is 7.90. The van der Waals surface area contributed by atoms with Gasteiger partial charge in [0.15, 0.2) is 14.9 Å². The van der Waals surface area contributed by atoms with Crippen molar-refractivity contribution in [3.05, 3.63) is 59.7 Å². The molecule has 0 fully saturated rings. The Morgan fingerprint density at radius 1 is 1.04 bits per heavy atom. The SMILES string of the molecule is CS(=O)(=O)c1ccc(-c2csc(OC(=O)O)c2-c2ccc(F)cc2)cc1. The van der Waals surface area contributed by atoms with Crippen LogP contribution in [0.15, 0.2) is 58.8 Å². The monoisotopic (exact) mass is 392 g/mol. The molecule has 3 aromatic rings. The van der Waals surface area contributed by atoms with Crippen molar-refractivity contribution in [2.45, 2.75) is 4.90 Å². The molecule has 8 heteroatoms. The number of hydrogen-bond acceptors (Lipinski definition) is 5. The number of carboxylic acid groups (broad SMARTS) is 1. The summed E-state index contributed by atoms with van der Waals surface area (Å²) in [6.45, 7) is 0. The summed E-state index contributed by atoms with van der Waals surface area (Å²) >= 11 is 1.09. The van der Waals surface area contributed by atoms with Crippen molar-refractivity contribution in [3.8, 4) is 27.3 Å². The first kappa shape index (κ1) is 18.1. The Labute approximate surface area is 153 Å². The van der Waals surface area contributed by atoms with E-state index in [0.29, 0.717) is 22.3 Å². The average Bonchev–Trinajstić information content (AvgIpc) is 2.98. The van der Waals surface area contributed by atoms with Crippen molar-refractivity contribution in [3.63, 3.8) is 0 Å². The summed E-state index contributed by atoms with van der Waals surface area (Å²) in [5, 5.41) is 10.8. The minimum absolute atomic E-state index is 0.159. The summed E-state index contributed by atoms with van der Waals surface area (Å²) in [5.74, 6) is -0.413. The van der Waals surface area contributed by atoms with Gasteiger partial charge in [-0.2, -0.15) is 0 Å². The van der Waals surface area contributed by atoms with Crippen LogP contribution >= 0.6 is 11.3 Å². The maximum Gasteiger partial charge on any atom is 0.512 e. The molecule has 0 unspecified atom stereocenters. The number of carbonyl (C=O) groups is 1. The average molecular weight is 392 g/mol. The molecule has 3 rings (SSSR count). The largest absolute Gasteiger partial charge is 0.512 e. The minimum atomic E-state index is -3.32. The molecule has 0 saturated heterocycles. The quantitative estimate of drug-likeness (QED) is 0.652. The third kappa shape index (κ3) is 3.76. The van der Waals surface area contributed by atoms with Gasteiger partial charge in [0.25, 0.3) is 0 Å². The number of ether oxygens (including phenoxy) is 1. The third-order valence-corrected chi connectivity index (χ3v) is 5.65. The normalized spacial score (nSPS) is 11.3. The van der Waals surface area contributed by atoms with Crippen LogP contribution in [0, 0.1) is 5.82 Å². The zero-order valence-electron chi connectivity index (χ0n) is 13.5. The van der Waals surface area contributed by atoms with Crippen LogP contribution in [0.4, 0.5) is 9.18 Å². The molecule has 0 aliphatic carbocycles. The molecule has 0 aliphatic rings. The van der Waals surface area contributed by atoms with Crippen molar-refractivity contribution in [1.29, 1.82) is 0 Å². The lowest BCUT2D eigenvalue weighted by atomic mass is 9.99. The second-order valence-corrected chi connectivity index (χ2v) is 8.34. The van der Waals surface area contributed by atoms with E-state index in [1.54, 1.807) is 17.5 Å². The van der Waals surface area contributed by atoms with E-state index < -0.39 is 21.8 Å². The molecule has 2 aromatic carbocycles. The molecule has 0 saturated carbocycles. The summed E-state index contributed by atoms with van der Waals surface area (Å²) in [6.07, 6.45) is -0.329. The smallest absolute Gasteiger partial charge is 0.449 e. The van der Waals surface area contributed by atoms with Crippen LogP contribution in [0.3, 0.4) is 0 Å². The van der Waals surface area contributed by atoms with Crippen molar-refractivity contribution in [2.75, 3.05) is 6.26 Å². The maximum atomic E-state index is 13.2. The number of sulfone groups is 1. The van der Waals surface area contributed by atoms with Crippen LogP contribution in [0.1, 0.15) is 0 Å². The Morgan fingerprint density at radius 3 is 2.15 bits per heavy atom. The first-order valence-electron chi connectivity index (χ1n) is 7.34. The topological polar surface area (TPSA) is 80.7 Å². The maximum absolute atomic E-state index is 13.2. The number of benzene rings is 2. The van der Waals surface area contributed by atoms with Crippen LogP contribution in [0.25, 0.3) is 22.3 Å². The van der Waals surface area contributed by atoms with Gasteiger partial charge in [-0.25, -0.2) is 17.6 Å². The van der Waals surface area contributed by atoms with Crippen LogP contribution in [0.5, 0.6) is 5.06 Å². The Morgan fingerprint density at radius 2 is 1.62 bits per heavy atom.